The van der Waals surface area contributed by atoms with Crippen molar-refractivity contribution < 1.29 is 14.5 Å². The summed E-state index contributed by atoms with van der Waals surface area (Å²) in [5.41, 5.74) is 1.45. The number of hydrogen-bond donors (Lipinski definition) is 0. The van der Waals surface area contributed by atoms with Crippen molar-refractivity contribution in [3.05, 3.63) is 51.4 Å². The molecular formula is C17H17N3O4S2. The number of benzene rings is 1. The van der Waals surface area contributed by atoms with Gasteiger partial charge in [-0.25, -0.2) is 0 Å². The first-order chi connectivity index (χ1) is 12.5. The number of non-ortho nitro benzene ring substituents is 1. The molecule has 0 atom stereocenters. The molecule has 0 aliphatic carbocycles. The van der Waals surface area contributed by atoms with E-state index in [2.05, 4.69) is 11.5 Å². The molecule has 3 rings (SSSR count). The van der Waals surface area contributed by atoms with Crippen LogP contribution in [0.5, 0.6) is 0 Å². The van der Waals surface area contributed by atoms with Crippen molar-refractivity contribution >= 4 is 51.7 Å². The van der Waals surface area contributed by atoms with E-state index in [1.54, 1.807) is 18.2 Å². The van der Waals surface area contributed by atoms with Crippen LogP contribution < -0.4 is 4.90 Å². The van der Waals surface area contributed by atoms with Crippen molar-refractivity contribution in [2.45, 2.75) is 0 Å². The van der Waals surface area contributed by atoms with Crippen LogP contribution in [0.4, 0.5) is 11.4 Å². The van der Waals surface area contributed by atoms with E-state index in [-0.39, 0.29) is 11.6 Å². The average Bonchev–Trinajstić information content (AvgIpc) is 2.90. The minimum absolute atomic E-state index is 0.0187. The second-order valence-electron chi connectivity index (χ2n) is 5.68. The Hall–Kier alpha value is -2.23. The Morgan fingerprint density at radius 3 is 2.77 bits per heavy atom. The summed E-state index contributed by atoms with van der Waals surface area (Å²) in [6.07, 6.45) is 3.29. The number of nitro groups is 1. The van der Waals surface area contributed by atoms with Crippen molar-refractivity contribution in [3.8, 4) is 0 Å². The number of nitrogens with zero attached hydrogens (tertiary/aromatic N) is 3. The topological polar surface area (TPSA) is 75.9 Å². The van der Waals surface area contributed by atoms with Gasteiger partial charge in [0.25, 0.3) is 11.6 Å². The monoisotopic (exact) mass is 391 g/mol. The van der Waals surface area contributed by atoms with E-state index in [0.717, 1.165) is 5.69 Å². The fraction of sp³-hybridized carbons (Fsp3) is 0.294. The van der Waals surface area contributed by atoms with Crippen LogP contribution >= 0.6 is 24.0 Å². The lowest BCUT2D eigenvalue weighted by Crippen LogP contribution is -2.36. The highest BCUT2D eigenvalue weighted by atomic mass is 32.2. The fourth-order valence-electron chi connectivity index (χ4n) is 2.79. The molecule has 0 aromatic heterocycles. The molecular weight excluding hydrogens is 374 g/mol. The lowest BCUT2D eigenvalue weighted by Gasteiger charge is -2.30. The lowest BCUT2D eigenvalue weighted by molar-refractivity contribution is -0.384. The zero-order valence-corrected chi connectivity index (χ0v) is 15.6. The standard InChI is InChI=1S/C17H17N3O4S2/c1-2-5-19-16(21)15(26-17(19)25)11-12-10-13(20(22)23)3-4-14(12)18-6-8-24-9-7-18/h2-4,10-11H,1,5-9H2. The zero-order chi connectivity index (χ0) is 18.7. The Balaban J connectivity index is 2.00. The first-order valence-electron chi connectivity index (χ1n) is 7.98. The predicted molar refractivity (Wildman–Crippen MR) is 106 cm³/mol. The van der Waals surface area contributed by atoms with Crippen LogP contribution in [0.2, 0.25) is 0 Å². The molecule has 9 heteroatoms. The Morgan fingerprint density at radius 1 is 1.38 bits per heavy atom. The minimum Gasteiger partial charge on any atom is -0.378 e. The van der Waals surface area contributed by atoms with Crippen molar-refractivity contribution in [3.63, 3.8) is 0 Å². The predicted octanol–water partition coefficient (Wildman–Crippen LogP) is 2.82. The third-order valence-corrected chi connectivity index (χ3v) is 5.42. The highest BCUT2D eigenvalue weighted by Crippen LogP contribution is 2.35. The van der Waals surface area contributed by atoms with Gasteiger partial charge in [0.2, 0.25) is 0 Å². The molecule has 1 aromatic carbocycles. The van der Waals surface area contributed by atoms with Crippen LogP contribution in [-0.2, 0) is 9.53 Å². The largest absolute Gasteiger partial charge is 0.378 e. The highest BCUT2D eigenvalue weighted by Gasteiger charge is 2.31. The van der Waals surface area contributed by atoms with Crippen LogP contribution in [0.15, 0.2) is 35.8 Å². The third kappa shape index (κ3) is 3.79. The normalized spacial score (nSPS) is 19.3. The molecule has 1 amide bonds. The summed E-state index contributed by atoms with van der Waals surface area (Å²) in [6, 6.07) is 4.69. The summed E-state index contributed by atoms with van der Waals surface area (Å²) < 4.78 is 5.83. The van der Waals surface area contributed by atoms with Crippen LogP contribution in [0.1, 0.15) is 5.56 Å². The van der Waals surface area contributed by atoms with Gasteiger partial charge in [0.1, 0.15) is 4.32 Å². The van der Waals surface area contributed by atoms with Gasteiger partial charge in [-0.1, -0.05) is 30.1 Å². The number of morpholine rings is 1. The number of ether oxygens (including phenoxy) is 1. The number of nitro benzene ring substituents is 1. The average molecular weight is 391 g/mol. The number of hydrogen-bond acceptors (Lipinski definition) is 7. The molecule has 136 valence electrons. The van der Waals surface area contributed by atoms with Crippen molar-refractivity contribution in [1.29, 1.82) is 0 Å². The number of amides is 1. The number of carbonyl (C=O) groups excluding carboxylic acids is 1. The first-order valence-corrected chi connectivity index (χ1v) is 9.21. The summed E-state index contributed by atoms with van der Waals surface area (Å²) in [5, 5.41) is 11.2. The van der Waals surface area contributed by atoms with Gasteiger partial charge in [-0.2, -0.15) is 0 Å². The Bertz CT molecular complexity index is 803. The lowest BCUT2D eigenvalue weighted by atomic mass is 10.1. The summed E-state index contributed by atoms with van der Waals surface area (Å²) >= 11 is 6.44. The van der Waals surface area contributed by atoms with Crippen molar-refractivity contribution in [2.75, 3.05) is 37.7 Å². The third-order valence-electron chi connectivity index (χ3n) is 4.05. The molecule has 0 N–H and O–H groups in total. The van der Waals surface area contributed by atoms with E-state index in [0.29, 0.717) is 47.6 Å². The van der Waals surface area contributed by atoms with Crippen LogP contribution in [0.3, 0.4) is 0 Å². The van der Waals surface area contributed by atoms with Gasteiger partial charge in [-0.05, 0) is 12.1 Å². The summed E-state index contributed by atoms with van der Waals surface area (Å²) in [4.78, 5) is 27.3. The van der Waals surface area contributed by atoms with Crippen LogP contribution in [-0.4, -0.2) is 52.9 Å². The van der Waals surface area contributed by atoms with E-state index in [1.165, 1.54) is 28.8 Å². The number of rotatable bonds is 5. The zero-order valence-electron chi connectivity index (χ0n) is 13.9. The molecule has 2 heterocycles. The molecule has 0 saturated carbocycles. The first kappa shape index (κ1) is 18.6. The maximum Gasteiger partial charge on any atom is 0.270 e. The molecule has 2 aliphatic rings. The molecule has 0 spiro atoms. The second kappa shape index (κ2) is 7.98. The van der Waals surface area contributed by atoms with Crippen LogP contribution in [0, 0.1) is 10.1 Å². The summed E-state index contributed by atoms with van der Waals surface area (Å²) in [6.45, 7) is 6.54. The van der Waals surface area contributed by atoms with E-state index in [9.17, 15) is 14.9 Å². The van der Waals surface area contributed by atoms with Crippen molar-refractivity contribution in [1.82, 2.24) is 4.90 Å². The van der Waals surface area contributed by atoms with Gasteiger partial charge in [0, 0.05) is 43.0 Å². The molecule has 0 unspecified atom stereocenters. The Kier molecular flexibility index (Phi) is 5.70. The SMILES string of the molecule is C=CCN1C(=O)C(=Cc2cc([N+](=O)[O-])ccc2N2CCOCC2)SC1=S. The van der Waals surface area contributed by atoms with Gasteiger partial charge >= 0.3 is 0 Å². The van der Waals surface area contributed by atoms with E-state index in [1.807, 2.05) is 0 Å². The quantitative estimate of drug-likeness (QED) is 0.251. The van der Waals surface area contributed by atoms with Gasteiger partial charge in [0.15, 0.2) is 0 Å². The van der Waals surface area contributed by atoms with Crippen molar-refractivity contribution in [2.24, 2.45) is 0 Å². The Morgan fingerprint density at radius 2 is 2.12 bits per heavy atom. The molecule has 0 bridgehead atoms. The molecule has 7 nitrogen and oxygen atoms in total. The maximum absolute atomic E-state index is 12.6. The molecule has 2 saturated heterocycles. The van der Waals surface area contributed by atoms with E-state index in [4.69, 9.17) is 17.0 Å². The molecule has 1 aromatic rings. The Labute approximate surface area is 160 Å². The fourth-order valence-corrected chi connectivity index (χ4v) is 4.06. The van der Waals surface area contributed by atoms with E-state index < -0.39 is 4.92 Å². The van der Waals surface area contributed by atoms with Gasteiger partial charge < -0.3 is 9.64 Å². The second-order valence-corrected chi connectivity index (χ2v) is 7.36. The maximum atomic E-state index is 12.6. The summed E-state index contributed by atoms with van der Waals surface area (Å²) in [5.74, 6) is -0.209. The summed E-state index contributed by atoms with van der Waals surface area (Å²) in [7, 11) is 0. The number of carbonyl (C=O) groups is 1. The van der Waals surface area contributed by atoms with Gasteiger partial charge in [0.05, 0.1) is 23.0 Å². The smallest absolute Gasteiger partial charge is 0.270 e. The number of thiocarbonyl (C=S) groups is 1. The van der Waals surface area contributed by atoms with Gasteiger partial charge in [-0.15, -0.1) is 6.58 Å². The molecule has 2 aliphatic heterocycles. The number of thioether (sulfide) groups is 1. The highest BCUT2D eigenvalue weighted by molar-refractivity contribution is 8.26. The molecule has 26 heavy (non-hydrogen) atoms. The molecule has 0 radical (unpaired) electrons. The number of anilines is 1. The van der Waals surface area contributed by atoms with Crippen LogP contribution in [0.25, 0.3) is 6.08 Å². The minimum atomic E-state index is -0.441. The van der Waals surface area contributed by atoms with E-state index >= 15 is 0 Å². The molecule has 2 fully saturated rings. The van der Waals surface area contributed by atoms with Gasteiger partial charge in [-0.3, -0.25) is 19.8 Å².